The molecule has 2 unspecified atom stereocenters. The van der Waals surface area contributed by atoms with Crippen LogP contribution < -0.4 is 0 Å². The lowest BCUT2D eigenvalue weighted by Crippen LogP contribution is -2.06. The first-order valence-electron chi connectivity index (χ1n) is 10.2. The first-order valence-corrected chi connectivity index (χ1v) is 11.2. The summed E-state index contributed by atoms with van der Waals surface area (Å²) in [6, 6.07) is 43.6. The van der Waals surface area contributed by atoms with Gasteiger partial charge in [0.1, 0.15) is 0 Å². The predicted molar refractivity (Wildman–Crippen MR) is 126 cm³/mol. The standard InChI is InChI=1S/C28H26S/c1-5-13-23(14-6-1)21-27(25-17-9-3-10-18-25)29-28(26-19-11-4-12-20-26)22-24-15-7-2-8-16-24/h1-20,27-28H,21-22H2. The lowest BCUT2D eigenvalue weighted by atomic mass is 10.0. The third-order valence-corrected chi connectivity index (χ3v) is 6.73. The molecule has 4 rings (SSSR count). The van der Waals surface area contributed by atoms with Crippen LogP contribution in [0.4, 0.5) is 0 Å². The second-order valence-corrected chi connectivity index (χ2v) is 8.72. The van der Waals surface area contributed by atoms with Crippen molar-refractivity contribution in [3.63, 3.8) is 0 Å². The number of rotatable bonds is 8. The fourth-order valence-electron chi connectivity index (χ4n) is 3.68. The summed E-state index contributed by atoms with van der Waals surface area (Å²) in [5.74, 6) is 0. The molecule has 0 aromatic heterocycles. The van der Waals surface area contributed by atoms with Crippen molar-refractivity contribution in [3.8, 4) is 0 Å². The fraction of sp³-hybridized carbons (Fsp3) is 0.143. The largest absolute Gasteiger partial charge is 0.145 e. The molecule has 144 valence electrons. The van der Waals surface area contributed by atoms with Crippen molar-refractivity contribution in [2.24, 2.45) is 0 Å². The van der Waals surface area contributed by atoms with Crippen molar-refractivity contribution in [3.05, 3.63) is 144 Å². The average Bonchev–Trinajstić information content (AvgIpc) is 2.81. The Balaban J connectivity index is 1.64. The molecule has 0 aliphatic rings. The zero-order chi connectivity index (χ0) is 19.7. The van der Waals surface area contributed by atoms with Crippen molar-refractivity contribution < 1.29 is 0 Å². The van der Waals surface area contributed by atoms with E-state index in [0.29, 0.717) is 10.5 Å². The van der Waals surface area contributed by atoms with Crippen LogP contribution >= 0.6 is 11.8 Å². The number of hydrogen-bond donors (Lipinski definition) is 0. The highest BCUT2D eigenvalue weighted by Crippen LogP contribution is 2.44. The van der Waals surface area contributed by atoms with Crippen LogP contribution in [0.25, 0.3) is 0 Å². The Morgan fingerprint density at radius 1 is 0.414 bits per heavy atom. The minimum atomic E-state index is 0.410. The molecule has 0 saturated heterocycles. The highest BCUT2D eigenvalue weighted by Gasteiger charge is 2.21. The Morgan fingerprint density at radius 2 is 0.724 bits per heavy atom. The molecule has 1 heteroatoms. The summed E-state index contributed by atoms with van der Waals surface area (Å²) in [6.07, 6.45) is 2.07. The third-order valence-electron chi connectivity index (χ3n) is 5.20. The van der Waals surface area contributed by atoms with E-state index in [0.717, 1.165) is 12.8 Å². The molecular weight excluding hydrogens is 368 g/mol. The molecular formula is C28H26S. The zero-order valence-corrected chi connectivity index (χ0v) is 17.3. The molecule has 0 amide bonds. The number of hydrogen-bond acceptors (Lipinski definition) is 1. The van der Waals surface area contributed by atoms with Crippen molar-refractivity contribution in [2.75, 3.05) is 0 Å². The molecule has 0 saturated carbocycles. The summed E-state index contributed by atoms with van der Waals surface area (Å²) >= 11 is 2.09. The van der Waals surface area contributed by atoms with Crippen LogP contribution in [0.15, 0.2) is 121 Å². The van der Waals surface area contributed by atoms with Crippen LogP contribution in [-0.2, 0) is 12.8 Å². The SMILES string of the molecule is c1ccc(CC(SC(Cc2ccccc2)c2ccccc2)c2ccccc2)cc1. The summed E-state index contributed by atoms with van der Waals surface area (Å²) < 4.78 is 0. The summed E-state index contributed by atoms with van der Waals surface area (Å²) in [7, 11) is 0. The molecule has 0 heterocycles. The van der Waals surface area contributed by atoms with Gasteiger partial charge in [-0.3, -0.25) is 0 Å². The molecule has 29 heavy (non-hydrogen) atoms. The van der Waals surface area contributed by atoms with E-state index in [1.165, 1.54) is 22.3 Å². The molecule has 4 aromatic carbocycles. The van der Waals surface area contributed by atoms with Gasteiger partial charge < -0.3 is 0 Å². The van der Waals surface area contributed by atoms with Gasteiger partial charge in [0.05, 0.1) is 0 Å². The van der Waals surface area contributed by atoms with Crippen LogP contribution in [0.1, 0.15) is 32.8 Å². The first kappa shape index (κ1) is 19.5. The molecule has 2 atom stereocenters. The van der Waals surface area contributed by atoms with Gasteiger partial charge in [0.25, 0.3) is 0 Å². The van der Waals surface area contributed by atoms with Gasteiger partial charge in [0.2, 0.25) is 0 Å². The molecule has 0 fully saturated rings. The second kappa shape index (κ2) is 10.1. The summed E-state index contributed by atoms with van der Waals surface area (Å²) in [4.78, 5) is 0. The van der Waals surface area contributed by atoms with Gasteiger partial charge in [-0.1, -0.05) is 121 Å². The van der Waals surface area contributed by atoms with Crippen molar-refractivity contribution in [1.82, 2.24) is 0 Å². The minimum Gasteiger partial charge on any atom is -0.145 e. The Hall–Kier alpha value is -2.77. The quantitative estimate of drug-likeness (QED) is 0.295. The first-order chi connectivity index (χ1) is 14.4. The Bertz CT molecular complexity index is 883. The molecule has 4 aromatic rings. The van der Waals surface area contributed by atoms with E-state index in [1.807, 2.05) is 0 Å². The predicted octanol–water partition coefficient (Wildman–Crippen LogP) is 7.69. The van der Waals surface area contributed by atoms with Gasteiger partial charge in [0.15, 0.2) is 0 Å². The normalized spacial score (nSPS) is 13.0. The molecule has 0 bridgehead atoms. The Labute approximate surface area is 178 Å². The monoisotopic (exact) mass is 394 g/mol. The van der Waals surface area contributed by atoms with E-state index in [-0.39, 0.29) is 0 Å². The highest BCUT2D eigenvalue weighted by atomic mass is 32.2. The van der Waals surface area contributed by atoms with E-state index >= 15 is 0 Å². The lowest BCUT2D eigenvalue weighted by Gasteiger charge is -2.25. The van der Waals surface area contributed by atoms with E-state index in [2.05, 4.69) is 133 Å². The molecule has 0 aliphatic heterocycles. The van der Waals surface area contributed by atoms with E-state index in [1.54, 1.807) is 0 Å². The van der Waals surface area contributed by atoms with Crippen molar-refractivity contribution in [2.45, 2.75) is 23.3 Å². The van der Waals surface area contributed by atoms with E-state index in [9.17, 15) is 0 Å². The average molecular weight is 395 g/mol. The third kappa shape index (κ3) is 5.62. The van der Waals surface area contributed by atoms with E-state index < -0.39 is 0 Å². The van der Waals surface area contributed by atoms with Crippen LogP contribution in [-0.4, -0.2) is 0 Å². The van der Waals surface area contributed by atoms with Gasteiger partial charge in [-0.15, -0.1) is 11.8 Å². The maximum absolute atomic E-state index is 2.27. The lowest BCUT2D eigenvalue weighted by molar-refractivity contribution is 0.882. The van der Waals surface area contributed by atoms with Crippen molar-refractivity contribution >= 4 is 11.8 Å². The van der Waals surface area contributed by atoms with Crippen LogP contribution in [0.2, 0.25) is 0 Å². The van der Waals surface area contributed by atoms with Crippen molar-refractivity contribution in [1.29, 1.82) is 0 Å². The smallest absolute Gasteiger partial charge is 0.0343 e. The maximum atomic E-state index is 2.27. The summed E-state index contributed by atoms with van der Waals surface area (Å²) in [5.41, 5.74) is 5.58. The highest BCUT2D eigenvalue weighted by molar-refractivity contribution is 7.99. The van der Waals surface area contributed by atoms with Gasteiger partial charge in [-0.2, -0.15) is 0 Å². The van der Waals surface area contributed by atoms with Gasteiger partial charge in [0, 0.05) is 10.5 Å². The Kier molecular flexibility index (Phi) is 6.83. The maximum Gasteiger partial charge on any atom is 0.0343 e. The van der Waals surface area contributed by atoms with E-state index in [4.69, 9.17) is 0 Å². The number of benzene rings is 4. The Morgan fingerprint density at radius 3 is 1.07 bits per heavy atom. The summed E-state index contributed by atoms with van der Waals surface area (Å²) in [6.45, 7) is 0. The van der Waals surface area contributed by atoms with Gasteiger partial charge >= 0.3 is 0 Å². The van der Waals surface area contributed by atoms with Crippen LogP contribution in [0.3, 0.4) is 0 Å². The second-order valence-electron chi connectivity index (χ2n) is 7.31. The van der Waals surface area contributed by atoms with Gasteiger partial charge in [-0.05, 0) is 35.1 Å². The molecule has 0 spiro atoms. The topological polar surface area (TPSA) is 0 Å². The molecule has 0 radical (unpaired) electrons. The molecule has 0 aliphatic carbocycles. The zero-order valence-electron chi connectivity index (χ0n) is 16.5. The molecule has 0 N–H and O–H groups in total. The minimum absolute atomic E-state index is 0.410. The van der Waals surface area contributed by atoms with Crippen LogP contribution in [0.5, 0.6) is 0 Å². The number of thioether (sulfide) groups is 1. The molecule has 0 nitrogen and oxygen atoms in total. The summed E-state index contributed by atoms with van der Waals surface area (Å²) in [5, 5.41) is 0.819. The fourth-order valence-corrected chi connectivity index (χ4v) is 5.28. The van der Waals surface area contributed by atoms with Crippen LogP contribution in [0, 0.1) is 0 Å². The van der Waals surface area contributed by atoms with Gasteiger partial charge in [-0.25, -0.2) is 0 Å².